The third-order valence-electron chi connectivity index (χ3n) is 4.64. The van der Waals surface area contributed by atoms with Crippen LogP contribution in [0.3, 0.4) is 0 Å². The Bertz CT molecular complexity index is 1300. The lowest BCUT2D eigenvalue weighted by molar-refractivity contribution is -0.114. The number of nitrogens with zero attached hydrogens (tertiary/aromatic N) is 3. The Labute approximate surface area is 186 Å². The molecule has 2 aliphatic rings. The van der Waals surface area contributed by atoms with E-state index in [1.54, 1.807) is 24.3 Å². The van der Waals surface area contributed by atoms with Gasteiger partial charge < -0.3 is 9.15 Å². The Morgan fingerprint density at radius 3 is 2.66 bits per heavy atom. The molecule has 0 saturated heterocycles. The molecule has 0 bridgehead atoms. The topological polar surface area (TPSA) is 91.2 Å². The number of furan rings is 1. The molecule has 1 aromatic heterocycles. The van der Waals surface area contributed by atoms with Gasteiger partial charge in [0.25, 0.3) is 5.91 Å². The number of rotatable bonds is 5. The van der Waals surface area contributed by atoms with E-state index in [4.69, 9.17) is 14.6 Å². The third kappa shape index (κ3) is 3.97. The molecule has 0 fully saturated rings. The van der Waals surface area contributed by atoms with Crippen LogP contribution >= 0.6 is 11.8 Å². The second kappa shape index (κ2) is 8.27. The van der Waals surface area contributed by atoms with Gasteiger partial charge in [0.1, 0.15) is 34.7 Å². The molecule has 7 nitrogen and oxygen atoms in total. The second-order valence-corrected chi connectivity index (χ2v) is 7.86. The molecule has 0 aliphatic carbocycles. The van der Waals surface area contributed by atoms with Crippen LogP contribution in [-0.4, -0.2) is 33.6 Å². The van der Waals surface area contributed by atoms with Gasteiger partial charge >= 0.3 is 0 Å². The van der Waals surface area contributed by atoms with Crippen LogP contribution in [0.2, 0.25) is 0 Å². The van der Waals surface area contributed by atoms with Crippen molar-refractivity contribution in [1.29, 1.82) is 5.41 Å². The molecule has 158 valence electrons. The van der Waals surface area contributed by atoms with E-state index in [-0.39, 0.29) is 23.8 Å². The second-order valence-electron chi connectivity index (χ2n) is 6.82. The number of amides is 1. The lowest BCUT2D eigenvalue weighted by Gasteiger charge is -2.19. The van der Waals surface area contributed by atoms with E-state index in [1.165, 1.54) is 35.0 Å². The zero-order valence-electron chi connectivity index (χ0n) is 16.5. The van der Waals surface area contributed by atoms with E-state index in [1.807, 2.05) is 30.3 Å². The first-order chi connectivity index (χ1) is 15.6. The van der Waals surface area contributed by atoms with E-state index in [2.05, 4.69) is 10.1 Å². The van der Waals surface area contributed by atoms with Crippen molar-refractivity contribution in [3.8, 4) is 17.1 Å². The maximum absolute atomic E-state index is 13.1. The first kappa shape index (κ1) is 20.0. The highest BCUT2D eigenvalue weighted by molar-refractivity contribution is 8.27. The normalized spacial score (nSPS) is 16.8. The van der Waals surface area contributed by atoms with Crippen molar-refractivity contribution in [3.63, 3.8) is 0 Å². The number of ether oxygens (including phenoxy) is 1. The van der Waals surface area contributed by atoms with Crippen molar-refractivity contribution in [2.24, 2.45) is 10.1 Å². The zero-order chi connectivity index (χ0) is 22.1. The number of aliphatic imine (C=N–C) groups is 1. The highest BCUT2D eigenvalue weighted by atomic mass is 32.2. The fraction of sp³-hybridized carbons (Fsp3) is 0.0435. The zero-order valence-corrected chi connectivity index (χ0v) is 17.3. The number of fused-ring (bicyclic) bond motifs is 1. The molecule has 2 aromatic carbocycles. The summed E-state index contributed by atoms with van der Waals surface area (Å²) in [6, 6.07) is 18.6. The molecule has 32 heavy (non-hydrogen) atoms. The molecular formula is C23H15FN4O3S. The van der Waals surface area contributed by atoms with Gasteiger partial charge in [-0.3, -0.25) is 10.2 Å². The minimum absolute atomic E-state index is 0.0586. The van der Waals surface area contributed by atoms with Crippen LogP contribution in [0, 0.1) is 11.2 Å². The maximum Gasteiger partial charge on any atom is 0.283 e. The molecule has 0 spiro atoms. The Morgan fingerprint density at radius 1 is 1.09 bits per heavy atom. The standard InChI is InChI=1S/C23H15FN4O3S/c24-15-8-6-14(7-9-15)19-11-10-17(31-19)12-18-21(25)28-23(26-22(18)29)32-20(27-28)13-30-16-4-2-1-3-5-16/h1-12,25H,13H2/b18-12-,25-21?. The number of thioether (sulfide) groups is 1. The molecule has 5 rings (SSSR count). The van der Waals surface area contributed by atoms with Gasteiger partial charge in [-0.15, -0.1) is 0 Å². The Hall–Kier alpha value is -3.98. The summed E-state index contributed by atoms with van der Waals surface area (Å²) in [6.07, 6.45) is 1.45. The molecule has 3 aromatic rings. The van der Waals surface area contributed by atoms with Crippen LogP contribution in [-0.2, 0) is 4.79 Å². The van der Waals surface area contributed by atoms with Gasteiger partial charge in [0.15, 0.2) is 5.84 Å². The van der Waals surface area contributed by atoms with Gasteiger partial charge in [0.2, 0.25) is 5.17 Å². The number of carbonyl (C=O) groups excluding carboxylic acids is 1. The number of para-hydroxylation sites is 1. The molecule has 1 N–H and O–H groups in total. The lowest BCUT2D eigenvalue weighted by atomic mass is 10.1. The number of amidine groups is 2. The molecule has 0 radical (unpaired) electrons. The van der Waals surface area contributed by atoms with E-state index in [0.29, 0.717) is 33.0 Å². The van der Waals surface area contributed by atoms with Crippen molar-refractivity contribution < 1.29 is 18.3 Å². The monoisotopic (exact) mass is 446 g/mol. The molecule has 0 atom stereocenters. The van der Waals surface area contributed by atoms with Crippen LogP contribution < -0.4 is 4.74 Å². The number of halogens is 1. The van der Waals surface area contributed by atoms with E-state index >= 15 is 0 Å². The fourth-order valence-electron chi connectivity index (χ4n) is 3.09. The van der Waals surface area contributed by atoms with Crippen LogP contribution in [0.4, 0.5) is 4.39 Å². The largest absolute Gasteiger partial charge is 0.487 e. The summed E-state index contributed by atoms with van der Waals surface area (Å²) in [4.78, 5) is 16.6. The molecule has 0 saturated carbocycles. The summed E-state index contributed by atoms with van der Waals surface area (Å²) in [5.74, 6) is 0.612. The maximum atomic E-state index is 13.1. The number of carbonyl (C=O) groups is 1. The number of benzene rings is 2. The summed E-state index contributed by atoms with van der Waals surface area (Å²) in [5.41, 5.74) is 0.758. The first-order valence-corrected chi connectivity index (χ1v) is 10.4. The fourth-order valence-corrected chi connectivity index (χ4v) is 3.89. The van der Waals surface area contributed by atoms with Crippen LogP contribution in [0.15, 0.2) is 86.8 Å². The quantitative estimate of drug-likeness (QED) is 0.570. The number of hydrazone groups is 1. The van der Waals surface area contributed by atoms with E-state index in [0.717, 1.165) is 0 Å². The molecule has 1 amide bonds. The van der Waals surface area contributed by atoms with Crippen LogP contribution in [0.1, 0.15) is 5.76 Å². The number of hydrogen-bond donors (Lipinski definition) is 1. The summed E-state index contributed by atoms with van der Waals surface area (Å²) >= 11 is 1.19. The van der Waals surface area contributed by atoms with Crippen LogP contribution in [0.5, 0.6) is 5.75 Å². The molecule has 2 aliphatic heterocycles. The van der Waals surface area contributed by atoms with E-state index < -0.39 is 5.91 Å². The minimum Gasteiger partial charge on any atom is -0.487 e. The van der Waals surface area contributed by atoms with Crippen molar-refractivity contribution in [2.45, 2.75) is 0 Å². The highest BCUT2D eigenvalue weighted by Crippen LogP contribution is 2.30. The summed E-state index contributed by atoms with van der Waals surface area (Å²) in [7, 11) is 0. The molecule has 3 heterocycles. The van der Waals surface area contributed by atoms with Gasteiger partial charge in [-0.25, -0.2) is 4.39 Å². The number of nitrogens with one attached hydrogen (secondary N) is 1. The van der Waals surface area contributed by atoms with Crippen molar-refractivity contribution in [3.05, 3.63) is 83.9 Å². The summed E-state index contributed by atoms with van der Waals surface area (Å²) < 4.78 is 24.6. The summed E-state index contributed by atoms with van der Waals surface area (Å²) in [6.45, 7) is 0.198. The molecule has 0 unspecified atom stereocenters. The first-order valence-electron chi connectivity index (χ1n) is 9.59. The van der Waals surface area contributed by atoms with Gasteiger partial charge in [-0.2, -0.15) is 15.1 Å². The van der Waals surface area contributed by atoms with Crippen molar-refractivity contribution >= 4 is 39.8 Å². The SMILES string of the molecule is N=C1/C(=C/c2ccc(-c3ccc(F)cc3)o2)C(=O)N=C2SC(COc3ccccc3)=NN12. The Morgan fingerprint density at radius 2 is 1.88 bits per heavy atom. The van der Waals surface area contributed by atoms with Crippen LogP contribution in [0.25, 0.3) is 17.4 Å². The van der Waals surface area contributed by atoms with Crippen molar-refractivity contribution in [1.82, 2.24) is 5.01 Å². The average Bonchev–Trinajstić information content (AvgIpc) is 3.44. The smallest absolute Gasteiger partial charge is 0.283 e. The number of hydrogen-bond acceptors (Lipinski definition) is 6. The Balaban J connectivity index is 1.34. The van der Waals surface area contributed by atoms with Gasteiger partial charge in [-0.1, -0.05) is 18.2 Å². The third-order valence-corrected chi connectivity index (χ3v) is 5.53. The predicted molar refractivity (Wildman–Crippen MR) is 121 cm³/mol. The highest BCUT2D eigenvalue weighted by Gasteiger charge is 2.36. The molecular weight excluding hydrogens is 431 g/mol. The van der Waals surface area contributed by atoms with Gasteiger partial charge in [0, 0.05) is 5.56 Å². The van der Waals surface area contributed by atoms with Crippen molar-refractivity contribution in [2.75, 3.05) is 6.61 Å². The van der Waals surface area contributed by atoms with Gasteiger partial charge in [0.05, 0.1) is 5.57 Å². The predicted octanol–water partition coefficient (Wildman–Crippen LogP) is 4.78. The Kier molecular flexibility index (Phi) is 5.16. The molecule has 9 heteroatoms. The average molecular weight is 446 g/mol. The summed E-state index contributed by atoms with van der Waals surface area (Å²) in [5, 5.41) is 15.0. The minimum atomic E-state index is -0.547. The van der Waals surface area contributed by atoms with Gasteiger partial charge in [-0.05, 0) is 66.4 Å². The lowest BCUT2D eigenvalue weighted by Crippen LogP contribution is -2.35. The van der Waals surface area contributed by atoms with E-state index in [9.17, 15) is 9.18 Å².